The van der Waals surface area contributed by atoms with Gasteiger partial charge in [0.1, 0.15) is 11.9 Å². The first-order valence-electron chi connectivity index (χ1n) is 5.95. The van der Waals surface area contributed by atoms with E-state index in [2.05, 4.69) is 0 Å². The number of hydrogen-bond acceptors (Lipinski definition) is 4. The average Bonchev–Trinajstić information content (AvgIpc) is 2.41. The topological polar surface area (TPSA) is 60.4 Å². The molecular formula is C11H19FO4S. The van der Waals surface area contributed by atoms with Crippen molar-refractivity contribution in [3.8, 4) is 0 Å². The maximum absolute atomic E-state index is 12.8. The van der Waals surface area contributed by atoms with Gasteiger partial charge in [-0.3, -0.25) is 4.79 Å². The molecular weight excluding hydrogens is 247 g/mol. The van der Waals surface area contributed by atoms with Gasteiger partial charge in [0, 0.05) is 5.41 Å². The summed E-state index contributed by atoms with van der Waals surface area (Å²) in [6.45, 7) is 3.92. The number of hydrogen-bond donors (Lipinski definition) is 0. The van der Waals surface area contributed by atoms with Crippen molar-refractivity contribution in [2.45, 2.75) is 52.1 Å². The monoisotopic (exact) mass is 266 g/mol. The molecule has 1 heterocycles. The van der Waals surface area contributed by atoms with E-state index in [1.165, 1.54) is 0 Å². The Kier molecular flexibility index (Phi) is 4.52. The van der Waals surface area contributed by atoms with Crippen molar-refractivity contribution in [3.63, 3.8) is 0 Å². The fourth-order valence-electron chi connectivity index (χ4n) is 2.74. The lowest BCUT2D eigenvalue weighted by atomic mass is 9.74. The molecule has 0 aromatic heterocycles. The molecule has 1 aliphatic heterocycles. The summed E-state index contributed by atoms with van der Waals surface area (Å²) >= 11 is 0. The summed E-state index contributed by atoms with van der Waals surface area (Å²) < 4.78 is 39.2. The molecule has 0 N–H and O–H groups in total. The van der Waals surface area contributed by atoms with Crippen molar-refractivity contribution in [1.29, 1.82) is 0 Å². The maximum Gasteiger partial charge on any atom is 0.306 e. The minimum Gasteiger partial charge on any atom is -0.461 e. The van der Waals surface area contributed by atoms with E-state index < -0.39 is 33.5 Å². The summed E-state index contributed by atoms with van der Waals surface area (Å²) in [6, 6.07) is 0. The zero-order valence-corrected chi connectivity index (χ0v) is 11.1. The highest BCUT2D eigenvalue weighted by molar-refractivity contribution is 7.86. The minimum absolute atomic E-state index is 0.203. The van der Waals surface area contributed by atoms with Crippen molar-refractivity contribution in [3.05, 3.63) is 0 Å². The van der Waals surface area contributed by atoms with E-state index in [-0.39, 0.29) is 6.42 Å². The molecule has 0 spiro atoms. The Morgan fingerprint density at radius 2 is 1.88 bits per heavy atom. The van der Waals surface area contributed by atoms with Crippen molar-refractivity contribution < 1.29 is 21.8 Å². The summed E-state index contributed by atoms with van der Waals surface area (Å²) in [7, 11) is -4.62. The summed E-state index contributed by atoms with van der Waals surface area (Å²) in [5.74, 6) is -1.13. The zero-order chi connectivity index (χ0) is 13.1. The van der Waals surface area contributed by atoms with Gasteiger partial charge in [0.15, 0.2) is 0 Å². The second-order valence-corrected chi connectivity index (χ2v) is 6.13. The molecule has 0 bridgehead atoms. The third-order valence-electron chi connectivity index (χ3n) is 3.30. The lowest BCUT2D eigenvalue weighted by molar-refractivity contribution is -0.141. The smallest absolute Gasteiger partial charge is 0.306 e. The van der Waals surface area contributed by atoms with Crippen molar-refractivity contribution >= 4 is 16.2 Å². The van der Waals surface area contributed by atoms with Crippen molar-refractivity contribution in [2.24, 2.45) is 5.41 Å². The Morgan fingerprint density at radius 1 is 1.35 bits per heavy atom. The number of rotatable bonds is 6. The van der Waals surface area contributed by atoms with Gasteiger partial charge < -0.3 is 4.74 Å². The Balaban J connectivity index is 2.93. The number of cyclic esters (lactones) is 1. The second kappa shape index (κ2) is 5.33. The van der Waals surface area contributed by atoms with E-state index in [4.69, 9.17) is 4.74 Å². The highest BCUT2D eigenvalue weighted by atomic mass is 32.3. The van der Waals surface area contributed by atoms with E-state index in [1.807, 2.05) is 13.8 Å². The number of carbonyl (C=O) groups excluding carboxylic acids is 1. The first kappa shape index (κ1) is 14.4. The molecule has 0 aromatic rings. The van der Waals surface area contributed by atoms with E-state index in [0.29, 0.717) is 12.8 Å². The summed E-state index contributed by atoms with van der Waals surface area (Å²) in [5.41, 5.74) is -0.500. The summed E-state index contributed by atoms with van der Waals surface area (Å²) in [5, 5.41) is 0. The largest absolute Gasteiger partial charge is 0.461 e. The Labute approximate surface area is 102 Å². The lowest BCUT2D eigenvalue weighted by Crippen LogP contribution is -2.35. The summed E-state index contributed by atoms with van der Waals surface area (Å²) in [6.07, 6.45) is 2.39. The van der Waals surface area contributed by atoms with Crippen LogP contribution in [0.4, 0.5) is 3.89 Å². The van der Waals surface area contributed by atoms with Crippen LogP contribution in [-0.4, -0.2) is 26.2 Å². The number of ether oxygens (including phenoxy) is 1. The summed E-state index contributed by atoms with van der Waals surface area (Å²) in [4.78, 5) is 11.4. The standard InChI is InChI=1S/C11H19FO4S/c1-3-5-11(6-4-2)7-10(13)16-9(11)8-17(12,14)15/h9H,3-8H2,1-2H3. The highest BCUT2D eigenvalue weighted by Crippen LogP contribution is 2.44. The lowest BCUT2D eigenvalue weighted by Gasteiger charge is -2.31. The van der Waals surface area contributed by atoms with Crippen molar-refractivity contribution in [2.75, 3.05) is 5.75 Å². The highest BCUT2D eigenvalue weighted by Gasteiger charge is 2.49. The molecule has 0 radical (unpaired) electrons. The van der Waals surface area contributed by atoms with Crippen LogP contribution in [0.3, 0.4) is 0 Å². The molecule has 0 saturated carbocycles. The van der Waals surface area contributed by atoms with E-state index in [1.54, 1.807) is 0 Å². The van der Waals surface area contributed by atoms with Crippen LogP contribution in [0.1, 0.15) is 46.0 Å². The molecule has 100 valence electrons. The number of esters is 1. The van der Waals surface area contributed by atoms with Gasteiger partial charge in [-0.2, -0.15) is 8.42 Å². The second-order valence-electron chi connectivity index (χ2n) is 4.72. The number of halogens is 1. The first-order chi connectivity index (χ1) is 7.83. The first-order valence-corrected chi connectivity index (χ1v) is 7.50. The van der Waals surface area contributed by atoms with Crippen LogP contribution < -0.4 is 0 Å². The van der Waals surface area contributed by atoms with Gasteiger partial charge in [0.25, 0.3) is 0 Å². The molecule has 1 aliphatic rings. The normalized spacial score (nSPS) is 23.7. The molecule has 6 heteroatoms. The third kappa shape index (κ3) is 3.66. The average molecular weight is 266 g/mol. The SMILES string of the molecule is CCCC1(CCC)CC(=O)OC1CS(=O)(=O)F. The minimum atomic E-state index is -4.62. The quantitative estimate of drug-likeness (QED) is 0.546. The van der Waals surface area contributed by atoms with E-state index >= 15 is 0 Å². The van der Waals surface area contributed by atoms with Crippen LogP contribution in [0.2, 0.25) is 0 Å². The van der Waals surface area contributed by atoms with Gasteiger partial charge in [-0.1, -0.05) is 26.7 Å². The molecule has 0 amide bonds. The van der Waals surface area contributed by atoms with Crippen LogP contribution >= 0.6 is 0 Å². The molecule has 1 rings (SSSR count). The van der Waals surface area contributed by atoms with Gasteiger partial charge >= 0.3 is 16.2 Å². The Morgan fingerprint density at radius 3 is 2.29 bits per heavy atom. The maximum atomic E-state index is 12.8. The third-order valence-corrected chi connectivity index (χ3v) is 4.00. The fourth-order valence-corrected chi connectivity index (χ4v) is 3.52. The molecule has 1 atom stereocenters. The number of carbonyl (C=O) groups is 1. The van der Waals surface area contributed by atoms with Crippen LogP contribution in [0.15, 0.2) is 0 Å². The predicted octanol–water partition coefficient (Wildman–Crippen LogP) is 2.19. The predicted molar refractivity (Wildman–Crippen MR) is 61.6 cm³/mol. The molecule has 17 heavy (non-hydrogen) atoms. The van der Waals surface area contributed by atoms with Gasteiger partial charge in [-0.25, -0.2) is 0 Å². The van der Waals surface area contributed by atoms with Gasteiger partial charge in [0.05, 0.1) is 6.42 Å². The van der Waals surface area contributed by atoms with Crippen LogP contribution in [0, 0.1) is 5.41 Å². The van der Waals surface area contributed by atoms with E-state index in [9.17, 15) is 17.1 Å². The molecule has 4 nitrogen and oxygen atoms in total. The molecule has 1 saturated heterocycles. The van der Waals surface area contributed by atoms with Gasteiger partial charge in [-0.05, 0) is 12.8 Å². The van der Waals surface area contributed by atoms with Gasteiger partial charge in [-0.15, -0.1) is 3.89 Å². The van der Waals surface area contributed by atoms with Crippen LogP contribution in [-0.2, 0) is 19.8 Å². The van der Waals surface area contributed by atoms with Gasteiger partial charge in [0.2, 0.25) is 0 Å². The van der Waals surface area contributed by atoms with Crippen LogP contribution in [0.25, 0.3) is 0 Å². The van der Waals surface area contributed by atoms with Crippen molar-refractivity contribution in [1.82, 2.24) is 0 Å². The van der Waals surface area contributed by atoms with E-state index in [0.717, 1.165) is 12.8 Å². The Hall–Kier alpha value is -0.650. The molecule has 1 fully saturated rings. The Bertz CT molecular complexity index is 371. The molecule has 1 unspecified atom stereocenters. The van der Waals surface area contributed by atoms with Crippen LogP contribution in [0.5, 0.6) is 0 Å². The zero-order valence-electron chi connectivity index (χ0n) is 10.2. The molecule has 0 aliphatic carbocycles. The molecule has 0 aromatic carbocycles. The fraction of sp³-hybridized carbons (Fsp3) is 0.909.